The Hall–Kier alpha value is -1.80. The van der Waals surface area contributed by atoms with Gasteiger partial charge in [0.25, 0.3) is 0 Å². The van der Waals surface area contributed by atoms with Crippen molar-refractivity contribution in [3.8, 4) is 0 Å². The highest BCUT2D eigenvalue weighted by atomic mass is 15.2. The number of aryl methyl sites for hydroxylation is 2. The summed E-state index contributed by atoms with van der Waals surface area (Å²) in [6.45, 7) is 5.17. The van der Waals surface area contributed by atoms with Crippen LogP contribution in [0.2, 0.25) is 0 Å². The van der Waals surface area contributed by atoms with Crippen LogP contribution >= 0.6 is 0 Å². The number of para-hydroxylation sites is 1. The lowest BCUT2D eigenvalue weighted by molar-refractivity contribution is 0.616. The molecular formula is C19H24N2. The molecule has 2 nitrogen and oxygen atoms in total. The molecule has 0 fully saturated rings. The average molecular weight is 280 g/mol. The van der Waals surface area contributed by atoms with Gasteiger partial charge in [0.1, 0.15) is 0 Å². The second-order valence-corrected chi connectivity index (χ2v) is 6.06. The Balaban J connectivity index is 2.11. The Kier molecular flexibility index (Phi) is 3.98. The van der Waals surface area contributed by atoms with Gasteiger partial charge in [-0.05, 0) is 62.9 Å². The van der Waals surface area contributed by atoms with Crippen molar-refractivity contribution in [3.63, 3.8) is 0 Å². The van der Waals surface area contributed by atoms with Crippen LogP contribution in [0.4, 0.5) is 11.4 Å². The van der Waals surface area contributed by atoms with Gasteiger partial charge in [-0.15, -0.1) is 0 Å². The van der Waals surface area contributed by atoms with Gasteiger partial charge in [-0.1, -0.05) is 35.9 Å². The molecule has 0 bridgehead atoms. The highest BCUT2D eigenvalue weighted by Crippen LogP contribution is 2.38. The highest BCUT2D eigenvalue weighted by molar-refractivity contribution is 5.71. The molecule has 1 heterocycles. The zero-order chi connectivity index (χ0) is 14.8. The third-order valence-corrected chi connectivity index (χ3v) is 4.43. The summed E-state index contributed by atoms with van der Waals surface area (Å²) in [5, 5.41) is 0. The molecule has 2 aromatic carbocycles. The predicted molar refractivity (Wildman–Crippen MR) is 90.3 cm³/mol. The SMILES string of the molecule is Cc1ccc(N2c3ccccc3CCC2C)c(CCN)c1. The fraction of sp³-hybridized carbons (Fsp3) is 0.368. The minimum Gasteiger partial charge on any atom is -0.338 e. The number of hydrogen-bond acceptors (Lipinski definition) is 2. The Labute approximate surface area is 127 Å². The number of anilines is 2. The zero-order valence-electron chi connectivity index (χ0n) is 13.0. The van der Waals surface area contributed by atoms with Crippen molar-refractivity contribution in [1.82, 2.24) is 0 Å². The van der Waals surface area contributed by atoms with E-state index in [9.17, 15) is 0 Å². The summed E-state index contributed by atoms with van der Waals surface area (Å²) in [5.74, 6) is 0. The van der Waals surface area contributed by atoms with Crippen LogP contribution in [0, 0.1) is 6.92 Å². The fourth-order valence-corrected chi connectivity index (χ4v) is 3.36. The van der Waals surface area contributed by atoms with E-state index < -0.39 is 0 Å². The van der Waals surface area contributed by atoms with E-state index in [2.05, 4.69) is 61.2 Å². The molecule has 2 aromatic rings. The molecule has 0 amide bonds. The zero-order valence-corrected chi connectivity index (χ0v) is 13.0. The van der Waals surface area contributed by atoms with Crippen molar-refractivity contribution in [2.24, 2.45) is 5.73 Å². The van der Waals surface area contributed by atoms with Crippen molar-refractivity contribution in [2.45, 2.75) is 39.2 Å². The predicted octanol–water partition coefficient (Wildman–Crippen LogP) is 3.97. The topological polar surface area (TPSA) is 29.3 Å². The summed E-state index contributed by atoms with van der Waals surface area (Å²) in [6.07, 6.45) is 3.31. The van der Waals surface area contributed by atoms with Crippen LogP contribution in [-0.4, -0.2) is 12.6 Å². The minimum absolute atomic E-state index is 0.527. The molecule has 0 saturated carbocycles. The van der Waals surface area contributed by atoms with E-state index in [1.807, 2.05) is 0 Å². The summed E-state index contributed by atoms with van der Waals surface area (Å²) in [6, 6.07) is 16.1. The van der Waals surface area contributed by atoms with Gasteiger partial charge in [-0.2, -0.15) is 0 Å². The van der Waals surface area contributed by atoms with Crippen LogP contribution < -0.4 is 10.6 Å². The van der Waals surface area contributed by atoms with E-state index in [1.54, 1.807) is 0 Å². The van der Waals surface area contributed by atoms with Crippen LogP contribution in [-0.2, 0) is 12.8 Å². The van der Waals surface area contributed by atoms with E-state index >= 15 is 0 Å². The van der Waals surface area contributed by atoms with Crippen molar-refractivity contribution >= 4 is 11.4 Å². The molecule has 21 heavy (non-hydrogen) atoms. The largest absolute Gasteiger partial charge is 0.338 e. The third-order valence-electron chi connectivity index (χ3n) is 4.43. The van der Waals surface area contributed by atoms with E-state index in [1.165, 1.54) is 40.9 Å². The maximum Gasteiger partial charge on any atom is 0.0446 e. The molecule has 0 saturated heterocycles. The first kappa shape index (κ1) is 14.2. The van der Waals surface area contributed by atoms with E-state index in [0.717, 1.165) is 6.42 Å². The lowest BCUT2D eigenvalue weighted by atomic mass is 9.94. The number of fused-ring (bicyclic) bond motifs is 1. The van der Waals surface area contributed by atoms with Gasteiger partial charge in [-0.25, -0.2) is 0 Å². The Morgan fingerprint density at radius 1 is 1.14 bits per heavy atom. The van der Waals surface area contributed by atoms with Gasteiger partial charge in [0, 0.05) is 17.4 Å². The lowest BCUT2D eigenvalue weighted by Crippen LogP contribution is -2.34. The van der Waals surface area contributed by atoms with Gasteiger partial charge in [-0.3, -0.25) is 0 Å². The van der Waals surface area contributed by atoms with Crippen molar-refractivity contribution < 1.29 is 0 Å². The lowest BCUT2D eigenvalue weighted by Gasteiger charge is -2.38. The molecule has 0 radical (unpaired) electrons. The molecule has 2 heteroatoms. The van der Waals surface area contributed by atoms with Crippen molar-refractivity contribution in [2.75, 3.05) is 11.4 Å². The first-order valence-electron chi connectivity index (χ1n) is 7.87. The summed E-state index contributed by atoms with van der Waals surface area (Å²) in [7, 11) is 0. The van der Waals surface area contributed by atoms with Gasteiger partial charge in [0.15, 0.2) is 0 Å². The van der Waals surface area contributed by atoms with Crippen LogP contribution in [0.15, 0.2) is 42.5 Å². The highest BCUT2D eigenvalue weighted by Gasteiger charge is 2.25. The Morgan fingerprint density at radius 3 is 2.76 bits per heavy atom. The second kappa shape index (κ2) is 5.90. The Bertz CT molecular complexity index is 633. The molecule has 2 N–H and O–H groups in total. The summed E-state index contributed by atoms with van der Waals surface area (Å²) in [5.41, 5.74) is 12.6. The van der Waals surface area contributed by atoms with Crippen LogP contribution in [0.1, 0.15) is 30.0 Å². The molecule has 1 aliphatic rings. The molecular weight excluding hydrogens is 256 g/mol. The molecule has 0 spiro atoms. The number of nitrogens with two attached hydrogens (primary N) is 1. The van der Waals surface area contributed by atoms with E-state index in [4.69, 9.17) is 5.73 Å². The van der Waals surface area contributed by atoms with Crippen molar-refractivity contribution in [3.05, 3.63) is 59.2 Å². The standard InChI is InChI=1S/C19H24N2/c1-14-7-10-19(17(13-14)11-12-20)21-15(2)8-9-16-5-3-4-6-18(16)21/h3-7,10,13,15H,8-9,11-12,20H2,1-2H3. The third kappa shape index (κ3) is 2.68. The molecule has 1 atom stereocenters. The monoisotopic (exact) mass is 280 g/mol. The second-order valence-electron chi connectivity index (χ2n) is 6.06. The number of benzene rings is 2. The summed E-state index contributed by atoms with van der Waals surface area (Å²) < 4.78 is 0. The molecule has 110 valence electrons. The van der Waals surface area contributed by atoms with Crippen LogP contribution in [0.5, 0.6) is 0 Å². The van der Waals surface area contributed by atoms with E-state index in [0.29, 0.717) is 12.6 Å². The smallest absolute Gasteiger partial charge is 0.0446 e. The number of hydrogen-bond donors (Lipinski definition) is 1. The maximum atomic E-state index is 5.82. The van der Waals surface area contributed by atoms with Gasteiger partial charge < -0.3 is 10.6 Å². The Morgan fingerprint density at radius 2 is 1.95 bits per heavy atom. The van der Waals surface area contributed by atoms with Gasteiger partial charge in [0.05, 0.1) is 0 Å². The summed E-state index contributed by atoms with van der Waals surface area (Å²) in [4.78, 5) is 2.50. The molecule has 0 aliphatic carbocycles. The summed E-state index contributed by atoms with van der Waals surface area (Å²) >= 11 is 0. The van der Waals surface area contributed by atoms with E-state index in [-0.39, 0.29) is 0 Å². The van der Waals surface area contributed by atoms with Crippen molar-refractivity contribution in [1.29, 1.82) is 0 Å². The fourth-order valence-electron chi connectivity index (χ4n) is 3.36. The normalized spacial score (nSPS) is 17.7. The maximum absolute atomic E-state index is 5.82. The van der Waals surface area contributed by atoms with Crippen LogP contribution in [0.3, 0.4) is 0 Å². The molecule has 1 unspecified atom stereocenters. The van der Waals surface area contributed by atoms with Gasteiger partial charge >= 0.3 is 0 Å². The molecule has 3 rings (SSSR count). The quantitative estimate of drug-likeness (QED) is 0.921. The molecule has 1 aliphatic heterocycles. The average Bonchev–Trinajstić information content (AvgIpc) is 2.49. The number of rotatable bonds is 3. The minimum atomic E-state index is 0.527. The first-order chi connectivity index (χ1) is 10.2. The first-order valence-corrected chi connectivity index (χ1v) is 7.87. The molecule has 0 aromatic heterocycles. The number of nitrogens with zero attached hydrogens (tertiary/aromatic N) is 1. The van der Waals surface area contributed by atoms with Gasteiger partial charge in [0.2, 0.25) is 0 Å². The van der Waals surface area contributed by atoms with Crippen LogP contribution in [0.25, 0.3) is 0 Å².